The highest BCUT2D eigenvalue weighted by atomic mass is 19.4. The highest BCUT2D eigenvalue weighted by Crippen LogP contribution is 2.51. The monoisotopic (exact) mass is 429 g/mol. The number of nitrogens with two attached hydrogens (primary N) is 1. The first-order valence-electron chi connectivity index (χ1n) is 9.10. The standard InChI is InChI=1S/C18H16F5N5O2/c19-17(20)6-9(17)7-28-14(12(18(21,22)23)13(27-28)8-1-2-8)16(30)26-10-3-4-25-11(5-10)15(24)29/h3-5,8-9H,1-2,6-7H2,(H2,24,29)(H,25,26,30)/t9-/m1/s1. The van der Waals surface area contributed by atoms with Gasteiger partial charge in [-0.25, -0.2) is 8.78 Å². The molecule has 1 atom stereocenters. The highest BCUT2D eigenvalue weighted by Gasteiger charge is 2.57. The zero-order valence-electron chi connectivity index (χ0n) is 15.3. The zero-order chi connectivity index (χ0) is 21.8. The summed E-state index contributed by atoms with van der Waals surface area (Å²) >= 11 is 0. The molecule has 0 radical (unpaired) electrons. The molecule has 2 amide bonds. The fourth-order valence-electron chi connectivity index (χ4n) is 3.28. The lowest BCUT2D eigenvalue weighted by atomic mass is 10.1. The van der Waals surface area contributed by atoms with Gasteiger partial charge in [0.2, 0.25) is 0 Å². The van der Waals surface area contributed by atoms with Crippen molar-refractivity contribution in [2.45, 2.75) is 43.8 Å². The molecule has 2 heterocycles. The van der Waals surface area contributed by atoms with Crippen LogP contribution < -0.4 is 11.1 Å². The molecule has 2 fully saturated rings. The van der Waals surface area contributed by atoms with Crippen LogP contribution in [0, 0.1) is 5.92 Å². The number of hydrogen-bond acceptors (Lipinski definition) is 4. The molecular weight excluding hydrogens is 413 g/mol. The third kappa shape index (κ3) is 3.85. The largest absolute Gasteiger partial charge is 0.420 e. The van der Waals surface area contributed by atoms with E-state index >= 15 is 0 Å². The third-order valence-corrected chi connectivity index (χ3v) is 5.06. The average molecular weight is 429 g/mol. The van der Waals surface area contributed by atoms with Gasteiger partial charge in [-0.3, -0.25) is 19.3 Å². The Labute approximate surface area is 166 Å². The summed E-state index contributed by atoms with van der Waals surface area (Å²) in [5.74, 6) is -6.69. The first-order chi connectivity index (χ1) is 14.0. The van der Waals surface area contributed by atoms with E-state index in [1.807, 2.05) is 0 Å². The Balaban J connectivity index is 1.73. The summed E-state index contributed by atoms with van der Waals surface area (Å²) in [7, 11) is 0. The van der Waals surface area contributed by atoms with Crippen molar-refractivity contribution in [2.24, 2.45) is 11.7 Å². The van der Waals surface area contributed by atoms with E-state index in [4.69, 9.17) is 5.73 Å². The van der Waals surface area contributed by atoms with Crippen molar-refractivity contribution in [3.05, 3.63) is 41.0 Å². The number of primary amides is 1. The number of carbonyl (C=O) groups excluding carboxylic acids is 2. The number of alkyl halides is 5. The van der Waals surface area contributed by atoms with Crippen LogP contribution in [0.3, 0.4) is 0 Å². The van der Waals surface area contributed by atoms with E-state index < -0.39 is 60.0 Å². The molecule has 0 saturated heterocycles. The first-order valence-corrected chi connectivity index (χ1v) is 9.10. The molecule has 2 aromatic rings. The van der Waals surface area contributed by atoms with E-state index in [1.165, 1.54) is 6.07 Å². The van der Waals surface area contributed by atoms with Crippen molar-refractivity contribution < 1.29 is 31.5 Å². The molecule has 2 aliphatic rings. The van der Waals surface area contributed by atoms with E-state index in [9.17, 15) is 31.5 Å². The Morgan fingerprint density at radius 2 is 1.97 bits per heavy atom. The number of nitrogens with zero attached hydrogens (tertiary/aromatic N) is 3. The second-order valence-corrected chi connectivity index (χ2v) is 7.47. The summed E-state index contributed by atoms with van der Waals surface area (Å²) in [4.78, 5) is 27.7. The minimum atomic E-state index is -4.90. The lowest BCUT2D eigenvalue weighted by molar-refractivity contribution is -0.138. The Morgan fingerprint density at radius 1 is 1.30 bits per heavy atom. The Hall–Kier alpha value is -3.05. The van der Waals surface area contributed by atoms with Crippen LogP contribution >= 0.6 is 0 Å². The molecule has 12 heteroatoms. The molecule has 30 heavy (non-hydrogen) atoms. The van der Waals surface area contributed by atoms with Gasteiger partial charge in [-0.2, -0.15) is 18.3 Å². The Kier molecular flexibility index (Phi) is 4.55. The molecule has 0 unspecified atom stereocenters. The van der Waals surface area contributed by atoms with E-state index in [1.54, 1.807) is 0 Å². The molecule has 0 aromatic carbocycles. The number of pyridine rings is 1. The van der Waals surface area contributed by atoms with Crippen LogP contribution in [0.25, 0.3) is 0 Å². The molecule has 3 N–H and O–H groups in total. The highest BCUT2D eigenvalue weighted by molar-refractivity contribution is 6.05. The van der Waals surface area contributed by atoms with E-state index in [0.29, 0.717) is 12.8 Å². The molecule has 2 aliphatic carbocycles. The van der Waals surface area contributed by atoms with Gasteiger partial charge in [0.05, 0.1) is 12.2 Å². The zero-order valence-corrected chi connectivity index (χ0v) is 15.3. The van der Waals surface area contributed by atoms with Crippen molar-refractivity contribution in [3.8, 4) is 0 Å². The van der Waals surface area contributed by atoms with Crippen LogP contribution in [-0.2, 0) is 12.7 Å². The van der Waals surface area contributed by atoms with Gasteiger partial charge in [0.25, 0.3) is 17.7 Å². The minimum Gasteiger partial charge on any atom is -0.364 e. The lowest BCUT2D eigenvalue weighted by Crippen LogP contribution is -2.23. The average Bonchev–Trinajstić information content (AvgIpc) is 3.53. The van der Waals surface area contributed by atoms with Crippen LogP contribution in [0.4, 0.5) is 27.6 Å². The predicted molar refractivity (Wildman–Crippen MR) is 93.0 cm³/mol. The fourth-order valence-corrected chi connectivity index (χ4v) is 3.28. The molecule has 0 aliphatic heterocycles. The number of aromatic nitrogens is 3. The molecule has 7 nitrogen and oxygen atoms in total. The van der Waals surface area contributed by atoms with Gasteiger partial charge in [-0.15, -0.1) is 0 Å². The Morgan fingerprint density at radius 3 is 2.50 bits per heavy atom. The van der Waals surface area contributed by atoms with E-state index in [2.05, 4.69) is 15.4 Å². The van der Waals surface area contributed by atoms with Gasteiger partial charge < -0.3 is 11.1 Å². The number of halogens is 5. The SMILES string of the molecule is NC(=O)c1cc(NC(=O)c2c(C(F)(F)F)c(C3CC3)nn2C[C@H]2CC2(F)F)ccn1. The second-order valence-electron chi connectivity index (χ2n) is 7.47. The van der Waals surface area contributed by atoms with Gasteiger partial charge in [0, 0.05) is 30.1 Å². The summed E-state index contributed by atoms with van der Waals surface area (Å²) in [5.41, 5.74) is 2.55. The number of carbonyl (C=O) groups is 2. The summed E-state index contributed by atoms with van der Waals surface area (Å²) in [5, 5.41) is 6.17. The van der Waals surface area contributed by atoms with Crippen LogP contribution in [0.15, 0.2) is 18.3 Å². The van der Waals surface area contributed by atoms with Gasteiger partial charge in [0.15, 0.2) is 0 Å². The van der Waals surface area contributed by atoms with E-state index in [0.717, 1.165) is 16.9 Å². The maximum absolute atomic E-state index is 13.8. The van der Waals surface area contributed by atoms with Crippen LogP contribution in [0.5, 0.6) is 0 Å². The molecule has 0 bridgehead atoms. The molecule has 160 valence electrons. The van der Waals surface area contributed by atoms with Gasteiger partial charge in [-0.1, -0.05) is 0 Å². The maximum Gasteiger partial charge on any atom is 0.420 e. The third-order valence-electron chi connectivity index (χ3n) is 5.06. The van der Waals surface area contributed by atoms with Crippen molar-refractivity contribution >= 4 is 17.5 Å². The van der Waals surface area contributed by atoms with Crippen molar-refractivity contribution in [1.29, 1.82) is 0 Å². The Bertz CT molecular complexity index is 1030. The molecular formula is C18H16F5N5O2. The van der Waals surface area contributed by atoms with Crippen molar-refractivity contribution in [3.63, 3.8) is 0 Å². The summed E-state index contributed by atoms with van der Waals surface area (Å²) in [6.45, 7) is -0.506. The molecule has 4 rings (SSSR count). The minimum absolute atomic E-state index is 0.0191. The predicted octanol–water partition coefficient (Wildman–Crippen LogP) is 3.18. The quantitative estimate of drug-likeness (QED) is 0.689. The normalized spacial score (nSPS) is 20.1. The molecule has 2 saturated carbocycles. The number of anilines is 1. The summed E-state index contributed by atoms with van der Waals surface area (Å²) < 4.78 is 69.0. The maximum atomic E-state index is 13.8. The number of rotatable bonds is 6. The fraction of sp³-hybridized carbons (Fsp3) is 0.444. The molecule has 0 spiro atoms. The number of amides is 2. The van der Waals surface area contributed by atoms with Crippen LogP contribution in [0.2, 0.25) is 0 Å². The van der Waals surface area contributed by atoms with Gasteiger partial charge in [0.1, 0.15) is 17.0 Å². The summed E-state index contributed by atoms with van der Waals surface area (Å²) in [6.07, 6.45) is -3.26. The number of nitrogens with one attached hydrogen (secondary N) is 1. The van der Waals surface area contributed by atoms with Crippen molar-refractivity contribution in [1.82, 2.24) is 14.8 Å². The smallest absolute Gasteiger partial charge is 0.364 e. The topological polar surface area (TPSA) is 103 Å². The van der Waals surface area contributed by atoms with Crippen LogP contribution in [-0.4, -0.2) is 32.5 Å². The van der Waals surface area contributed by atoms with Gasteiger partial charge >= 0.3 is 6.18 Å². The second kappa shape index (κ2) is 6.74. The number of hydrogen-bond donors (Lipinski definition) is 2. The molecule has 2 aromatic heterocycles. The van der Waals surface area contributed by atoms with Crippen LogP contribution in [0.1, 0.15) is 57.4 Å². The van der Waals surface area contributed by atoms with E-state index in [-0.39, 0.29) is 17.1 Å². The summed E-state index contributed by atoms with van der Waals surface area (Å²) in [6, 6.07) is 2.36. The first kappa shape index (κ1) is 20.2. The van der Waals surface area contributed by atoms with Crippen molar-refractivity contribution in [2.75, 3.05) is 5.32 Å². The van der Waals surface area contributed by atoms with Gasteiger partial charge in [-0.05, 0) is 25.0 Å². The lowest BCUT2D eigenvalue weighted by Gasteiger charge is -2.12.